The molecule has 0 fully saturated rings. The minimum atomic E-state index is -1.75. The van der Waals surface area contributed by atoms with E-state index in [2.05, 4.69) is 24.1 Å². The monoisotopic (exact) mass is 476 g/mol. The molecule has 0 saturated heterocycles. The van der Waals surface area contributed by atoms with Crippen molar-refractivity contribution < 1.29 is 8.60 Å². The van der Waals surface area contributed by atoms with E-state index in [0.29, 0.717) is 5.69 Å². The highest BCUT2D eigenvalue weighted by Crippen LogP contribution is 2.27. The standard InChI is InChI=1S/C15H13FN4OS.C5H10.C4H7Cl/c16-11-5-3-6-12(8-11)22(21)14(17)15-19-9-10-4-1-2-7-13(10)20(15)18;1-3-5-4-2;1-3-4(2)5/h1-9H,17-18H2;3,5H,4H2,1-2H3;3H,1-2H3/b15-14+;5-3-;4-3+. The minimum Gasteiger partial charge on any atom is -0.388 e. The van der Waals surface area contributed by atoms with Gasteiger partial charge >= 0.3 is 0 Å². The van der Waals surface area contributed by atoms with E-state index in [1.54, 1.807) is 12.3 Å². The van der Waals surface area contributed by atoms with Crippen molar-refractivity contribution in [1.29, 1.82) is 0 Å². The maximum atomic E-state index is 13.3. The van der Waals surface area contributed by atoms with Gasteiger partial charge in [-0.1, -0.05) is 61.0 Å². The third kappa shape index (κ3) is 8.42. The fourth-order valence-corrected chi connectivity index (χ4v) is 3.33. The third-order valence-electron chi connectivity index (χ3n) is 4.05. The number of hydrogen-bond acceptors (Lipinski definition) is 5. The number of hydrazine groups is 1. The number of nitrogens with zero attached hydrogens (tertiary/aromatic N) is 2. The summed E-state index contributed by atoms with van der Waals surface area (Å²) >= 11 is 5.32. The van der Waals surface area contributed by atoms with E-state index in [1.807, 2.05) is 45.0 Å². The summed E-state index contributed by atoms with van der Waals surface area (Å²) in [5.41, 5.74) is 7.48. The Hall–Kier alpha value is -2.74. The zero-order chi connectivity index (χ0) is 24.1. The molecule has 2 aromatic rings. The van der Waals surface area contributed by atoms with E-state index in [9.17, 15) is 8.60 Å². The second-order valence-electron chi connectivity index (χ2n) is 6.45. The third-order valence-corrected chi connectivity index (χ3v) is 5.53. The molecule has 1 aliphatic rings. The topological polar surface area (TPSA) is 84.7 Å². The van der Waals surface area contributed by atoms with Gasteiger partial charge in [0, 0.05) is 21.7 Å². The predicted octanol–water partition coefficient (Wildman–Crippen LogP) is 5.95. The first-order valence-corrected chi connectivity index (χ1v) is 11.5. The summed E-state index contributed by atoms with van der Waals surface area (Å²) in [6, 6.07) is 12.8. The van der Waals surface area contributed by atoms with Crippen LogP contribution in [-0.4, -0.2) is 10.4 Å². The van der Waals surface area contributed by atoms with Crippen molar-refractivity contribution in [2.75, 3.05) is 5.01 Å². The van der Waals surface area contributed by atoms with Crippen molar-refractivity contribution in [1.82, 2.24) is 0 Å². The van der Waals surface area contributed by atoms with E-state index in [-0.39, 0.29) is 15.7 Å². The van der Waals surface area contributed by atoms with Crippen molar-refractivity contribution in [3.8, 4) is 0 Å². The lowest BCUT2D eigenvalue weighted by atomic mass is 10.1. The Labute approximate surface area is 197 Å². The molecule has 3 rings (SSSR count). The lowest BCUT2D eigenvalue weighted by Gasteiger charge is -2.25. The summed E-state index contributed by atoms with van der Waals surface area (Å²) in [6.07, 6.45) is 8.79. The highest BCUT2D eigenvalue weighted by Gasteiger charge is 2.21. The quantitative estimate of drug-likeness (QED) is 0.423. The van der Waals surface area contributed by atoms with Crippen LogP contribution in [0.25, 0.3) is 0 Å². The maximum absolute atomic E-state index is 13.3. The van der Waals surface area contributed by atoms with Crippen LogP contribution in [0.1, 0.15) is 39.7 Å². The van der Waals surface area contributed by atoms with Crippen molar-refractivity contribution in [2.24, 2.45) is 16.6 Å². The van der Waals surface area contributed by atoms with E-state index >= 15 is 0 Å². The lowest BCUT2D eigenvalue weighted by molar-refractivity contribution is 0.622. The second-order valence-corrected chi connectivity index (χ2v) is 8.50. The largest absolute Gasteiger partial charge is 0.388 e. The molecule has 0 aliphatic carbocycles. The van der Waals surface area contributed by atoms with Crippen LogP contribution in [-0.2, 0) is 10.8 Å². The summed E-state index contributed by atoms with van der Waals surface area (Å²) in [7, 11) is -1.75. The van der Waals surface area contributed by atoms with Crippen molar-refractivity contribution in [3.63, 3.8) is 0 Å². The van der Waals surface area contributed by atoms with Gasteiger partial charge in [0.1, 0.15) is 21.6 Å². The van der Waals surface area contributed by atoms with Crippen LogP contribution in [0.5, 0.6) is 0 Å². The molecule has 172 valence electrons. The fraction of sp³-hybridized carbons (Fsp3) is 0.208. The Morgan fingerprint density at radius 2 is 1.88 bits per heavy atom. The van der Waals surface area contributed by atoms with Gasteiger partial charge in [0.05, 0.1) is 5.69 Å². The van der Waals surface area contributed by atoms with Gasteiger partial charge in [0.2, 0.25) is 0 Å². The molecule has 0 aromatic heterocycles. The molecule has 1 aliphatic heterocycles. The van der Waals surface area contributed by atoms with E-state index in [4.69, 9.17) is 23.2 Å². The molecule has 0 radical (unpaired) electrons. The number of fused-ring (bicyclic) bond motifs is 1. The molecule has 1 unspecified atom stereocenters. The number of benzene rings is 2. The lowest BCUT2D eigenvalue weighted by Crippen LogP contribution is -2.35. The van der Waals surface area contributed by atoms with Crippen LogP contribution in [0.3, 0.4) is 0 Å². The number of anilines is 1. The van der Waals surface area contributed by atoms with Gasteiger partial charge in [-0.05, 0) is 51.5 Å². The summed E-state index contributed by atoms with van der Waals surface area (Å²) in [4.78, 5) is 4.42. The zero-order valence-corrected chi connectivity index (χ0v) is 20.3. The van der Waals surface area contributed by atoms with Gasteiger partial charge in [0.15, 0.2) is 5.82 Å². The molecular weight excluding hydrogens is 447 g/mol. The van der Waals surface area contributed by atoms with Crippen molar-refractivity contribution in [3.05, 3.63) is 94.0 Å². The van der Waals surface area contributed by atoms with Crippen LogP contribution in [0.4, 0.5) is 10.1 Å². The number of para-hydroxylation sites is 1. The molecular formula is C24H30ClFN4OS. The number of nitrogens with two attached hydrogens (primary N) is 2. The Morgan fingerprint density at radius 3 is 2.41 bits per heavy atom. The second kappa shape index (κ2) is 14.3. The molecule has 1 heterocycles. The molecule has 4 N–H and O–H groups in total. The SMILES string of the molecule is C/C=C(\C)Cl.C/C=C\CC.N/C(=C1/N=Cc2ccccc2N1N)S(=O)c1cccc(F)c1. The minimum absolute atomic E-state index is 0.0288. The van der Waals surface area contributed by atoms with Crippen LogP contribution in [0.2, 0.25) is 0 Å². The Balaban J connectivity index is 0.000000431. The maximum Gasteiger partial charge on any atom is 0.180 e. The van der Waals surface area contributed by atoms with Crippen LogP contribution >= 0.6 is 11.6 Å². The van der Waals surface area contributed by atoms with Crippen molar-refractivity contribution >= 4 is 34.3 Å². The van der Waals surface area contributed by atoms with Gasteiger partial charge in [-0.15, -0.1) is 0 Å². The summed E-state index contributed by atoms with van der Waals surface area (Å²) < 4.78 is 25.7. The van der Waals surface area contributed by atoms with Crippen LogP contribution in [0.15, 0.2) is 92.5 Å². The molecule has 2 aromatic carbocycles. The Kier molecular flexibility index (Phi) is 12.2. The molecule has 1 atom stereocenters. The van der Waals surface area contributed by atoms with E-state index in [1.165, 1.54) is 29.3 Å². The average Bonchev–Trinajstić information content (AvgIpc) is 2.80. The Morgan fingerprint density at radius 1 is 1.22 bits per heavy atom. The normalized spacial score (nSPS) is 15.2. The molecule has 5 nitrogen and oxygen atoms in total. The van der Waals surface area contributed by atoms with E-state index in [0.717, 1.165) is 17.0 Å². The van der Waals surface area contributed by atoms with Crippen LogP contribution < -0.4 is 16.6 Å². The van der Waals surface area contributed by atoms with Gasteiger partial charge in [-0.2, -0.15) is 0 Å². The highest BCUT2D eigenvalue weighted by atomic mass is 35.5. The number of halogens is 2. The summed E-state index contributed by atoms with van der Waals surface area (Å²) in [5.74, 6) is 5.71. The first-order chi connectivity index (χ1) is 15.3. The average molecular weight is 477 g/mol. The van der Waals surface area contributed by atoms with Gasteiger partial charge in [-0.25, -0.2) is 19.4 Å². The number of aliphatic imine (C=N–C) groups is 1. The molecule has 0 saturated carbocycles. The first kappa shape index (κ1) is 27.3. The van der Waals surface area contributed by atoms with Gasteiger partial charge < -0.3 is 5.73 Å². The van der Waals surface area contributed by atoms with E-state index < -0.39 is 16.6 Å². The summed E-state index contributed by atoms with van der Waals surface area (Å²) in [5, 5.41) is 2.10. The molecule has 0 spiro atoms. The molecule has 32 heavy (non-hydrogen) atoms. The van der Waals surface area contributed by atoms with Gasteiger partial charge in [-0.3, -0.25) is 5.01 Å². The smallest absolute Gasteiger partial charge is 0.180 e. The predicted molar refractivity (Wildman–Crippen MR) is 135 cm³/mol. The molecule has 8 heteroatoms. The fourth-order valence-electron chi connectivity index (χ4n) is 2.33. The van der Waals surface area contributed by atoms with Crippen LogP contribution in [0, 0.1) is 5.82 Å². The zero-order valence-electron chi connectivity index (χ0n) is 18.8. The molecule has 0 amide bonds. The van der Waals surface area contributed by atoms with Crippen molar-refractivity contribution in [2.45, 2.75) is 39.0 Å². The summed E-state index contributed by atoms with van der Waals surface area (Å²) in [6.45, 7) is 7.91. The molecule has 0 bridgehead atoms. The Bertz CT molecular complexity index is 1030. The first-order valence-electron chi connectivity index (χ1n) is 10.0. The van der Waals surface area contributed by atoms with Gasteiger partial charge in [0.25, 0.3) is 0 Å². The number of rotatable bonds is 3. The number of hydrogen-bond donors (Lipinski definition) is 2. The highest BCUT2D eigenvalue weighted by molar-refractivity contribution is 7.89. The number of allylic oxidation sites excluding steroid dienone is 4.